The minimum Gasteiger partial charge on any atom is -0.389 e. The van der Waals surface area contributed by atoms with Crippen LogP contribution >= 0.6 is 24.0 Å². The molecule has 0 atom stereocenters. The van der Waals surface area contributed by atoms with Gasteiger partial charge in [0.25, 0.3) is 0 Å². The van der Waals surface area contributed by atoms with Gasteiger partial charge in [-0.1, -0.05) is 43.2 Å². The first kappa shape index (κ1) is 21.2. The monoisotopic (exact) mass is 419 g/mol. The number of benzene rings is 1. The third kappa shape index (κ3) is 10.00. The zero-order valence-electron chi connectivity index (χ0n) is 14.1. The van der Waals surface area contributed by atoms with Crippen molar-refractivity contribution in [3.05, 3.63) is 35.4 Å². The Labute approximate surface area is 151 Å². The molecule has 0 aliphatic carbocycles. The molecule has 0 fully saturated rings. The Balaban J connectivity index is 0.00000441. The summed E-state index contributed by atoms with van der Waals surface area (Å²) in [6, 6.07) is 8.38. The zero-order chi connectivity index (χ0) is 15.7. The van der Waals surface area contributed by atoms with Gasteiger partial charge in [0, 0.05) is 13.1 Å². The van der Waals surface area contributed by atoms with Gasteiger partial charge in [-0.05, 0) is 32.8 Å². The van der Waals surface area contributed by atoms with Gasteiger partial charge < -0.3 is 15.7 Å². The molecule has 1 aromatic rings. The molecule has 0 radical (unpaired) electrons. The zero-order valence-corrected chi connectivity index (χ0v) is 16.5. The number of guanidine groups is 1. The molecule has 0 aliphatic rings. The van der Waals surface area contributed by atoms with E-state index in [4.69, 9.17) is 0 Å². The summed E-state index contributed by atoms with van der Waals surface area (Å²) >= 11 is 0. The number of aliphatic imine (C=N–C) groups is 1. The van der Waals surface area contributed by atoms with Crippen molar-refractivity contribution in [2.24, 2.45) is 4.99 Å². The lowest BCUT2D eigenvalue weighted by atomic mass is 10.1. The molecule has 4 nitrogen and oxygen atoms in total. The topological polar surface area (TPSA) is 56.7 Å². The summed E-state index contributed by atoms with van der Waals surface area (Å²) in [5, 5.41) is 16.3. The number of hydrogen-bond donors (Lipinski definition) is 3. The standard InChI is InChI=1S/C17H29N3O.HI/c1-5-6-11-18-16(20-13-17(3,4)21)19-12-15-9-7-14(2)8-10-15;/h7-10,21H,5-6,11-13H2,1-4H3,(H2,18,19,20);1H. The van der Waals surface area contributed by atoms with Crippen LogP contribution in [-0.2, 0) is 6.54 Å². The third-order valence-corrected chi connectivity index (χ3v) is 3.05. The van der Waals surface area contributed by atoms with Gasteiger partial charge in [-0.3, -0.25) is 0 Å². The number of hydrogen-bond acceptors (Lipinski definition) is 2. The average Bonchev–Trinajstić information content (AvgIpc) is 2.42. The highest BCUT2D eigenvalue weighted by atomic mass is 127. The molecule has 0 amide bonds. The van der Waals surface area contributed by atoms with Crippen LogP contribution in [-0.4, -0.2) is 29.8 Å². The van der Waals surface area contributed by atoms with Crippen LogP contribution < -0.4 is 10.6 Å². The van der Waals surface area contributed by atoms with Crippen molar-refractivity contribution >= 4 is 29.9 Å². The minimum absolute atomic E-state index is 0. The summed E-state index contributed by atoms with van der Waals surface area (Å²) in [5.74, 6) is 0.756. The molecule has 3 N–H and O–H groups in total. The predicted octanol–water partition coefficient (Wildman–Crippen LogP) is 3.22. The molecule has 5 heteroatoms. The van der Waals surface area contributed by atoms with E-state index in [9.17, 15) is 5.11 Å². The van der Waals surface area contributed by atoms with Gasteiger partial charge in [0.1, 0.15) is 0 Å². The lowest BCUT2D eigenvalue weighted by Crippen LogP contribution is -2.44. The van der Waals surface area contributed by atoms with Gasteiger partial charge in [-0.25, -0.2) is 4.99 Å². The Morgan fingerprint density at radius 1 is 1.18 bits per heavy atom. The van der Waals surface area contributed by atoms with E-state index in [2.05, 4.69) is 53.7 Å². The van der Waals surface area contributed by atoms with Crippen LogP contribution in [0.15, 0.2) is 29.3 Å². The summed E-state index contributed by atoms with van der Waals surface area (Å²) in [6.07, 6.45) is 2.25. The Morgan fingerprint density at radius 3 is 2.36 bits per heavy atom. The van der Waals surface area contributed by atoms with E-state index in [0.29, 0.717) is 13.1 Å². The highest BCUT2D eigenvalue weighted by molar-refractivity contribution is 14.0. The van der Waals surface area contributed by atoms with E-state index in [1.807, 2.05) is 0 Å². The van der Waals surface area contributed by atoms with Gasteiger partial charge in [0.05, 0.1) is 12.1 Å². The minimum atomic E-state index is -0.753. The maximum atomic E-state index is 9.81. The first-order chi connectivity index (χ1) is 9.90. The molecular weight excluding hydrogens is 389 g/mol. The molecule has 0 aromatic heterocycles. The molecular formula is C17H30IN3O. The van der Waals surface area contributed by atoms with Crippen molar-refractivity contribution < 1.29 is 5.11 Å². The fourth-order valence-electron chi connectivity index (χ4n) is 1.72. The van der Waals surface area contributed by atoms with Crippen LogP contribution in [0.1, 0.15) is 44.7 Å². The van der Waals surface area contributed by atoms with E-state index >= 15 is 0 Å². The summed E-state index contributed by atoms with van der Waals surface area (Å²) in [6.45, 7) is 9.80. The second kappa shape index (κ2) is 10.8. The second-order valence-electron chi connectivity index (χ2n) is 6.10. The van der Waals surface area contributed by atoms with E-state index in [0.717, 1.165) is 25.3 Å². The molecule has 0 bridgehead atoms. The number of halogens is 1. The van der Waals surface area contributed by atoms with Crippen LogP contribution in [0.25, 0.3) is 0 Å². The van der Waals surface area contributed by atoms with Gasteiger partial charge in [0.15, 0.2) is 5.96 Å². The van der Waals surface area contributed by atoms with Crippen molar-refractivity contribution in [1.29, 1.82) is 0 Å². The largest absolute Gasteiger partial charge is 0.389 e. The van der Waals surface area contributed by atoms with Gasteiger partial charge >= 0.3 is 0 Å². The van der Waals surface area contributed by atoms with Crippen molar-refractivity contribution in [1.82, 2.24) is 10.6 Å². The SMILES string of the molecule is CCCCNC(=NCc1ccc(C)cc1)NCC(C)(C)O.I. The smallest absolute Gasteiger partial charge is 0.191 e. The highest BCUT2D eigenvalue weighted by Gasteiger charge is 2.12. The Morgan fingerprint density at radius 2 is 1.82 bits per heavy atom. The summed E-state index contributed by atoms with van der Waals surface area (Å²) in [4.78, 5) is 4.58. The van der Waals surface area contributed by atoms with Crippen molar-refractivity contribution in [2.45, 2.75) is 52.7 Å². The van der Waals surface area contributed by atoms with Crippen LogP contribution in [0.2, 0.25) is 0 Å². The van der Waals surface area contributed by atoms with Crippen molar-refractivity contribution in [2.75, 3.05) is 13.1 Å². The molecule has 0 aliphatic heterocycles. The Bertz CT molecular complexity index is 438. The summed E-state index contributed by atoms with van der Waals surface area (Å²) in [5.41, 5.74) is 1.68. The van der Waals surface area contributed by atoms with Crippen LogP contribution in [0.5, 0.6) is 0 Å². The molecule has 0 heterocycles. The summed E-state index contributed by atoms with van der Waals surface area (Å²) in [7, 11) is 0. The lowest BCUT2D eigenvalue weighted by molar-refractivity contribution is 0.0846. The fourth-order valence-corrected chi connectivity index (χ4v) is 1.72. The molecule has 0 saturated heterocycles. The number of nitrogens with zero attached hydrogens (tertiary/aromatic N) is 1. The number of aryl methyl sites for hydroxylation is 1. The first-order valence-electron chi connectivity index (χ1n) is 7.71. The van der Waals surface area contributed by atoms with Gasteiger partial charge in [-0.2, -0.15) is 0 Å². The second-order valence-corrected chi connectivity index (χ2v) is 6.10. The number of rotatable bonds is 7. The predicted molar refractivity (Wildman–Crippen MR) is 105 cm³/mol. The molecule has 126 valence electrons. The highest BCUT2D eigenvalue weighted by Crippen LogP contribution is 2.04. The van der Waals surface area contributed by atoms with Crippen LogP contribution in [0.3, 0.4) is 0 Å². The Hall–Kier alpha value is -0.820. The van der Waals surface area contributed by atoms with Gasteiger partial charge in [0.2, 0.25) is 0 Å². The molecule has 0 spiro atoms. The fraction of sp³-hybridized carbons (Fsp3) is 0.588. The lowest BCUT2D eigenvalue weighted by Gasteiger charge is -2.20. The maximum absolute atomic E-state index is 9.81. The van der Waals surface area contributed by atoms with E-state index < -0.39 is 5.60 Å². The van der Waals surface area contributed by atoms with Gasteiger partial charge in [-0.15, -0.1) is 24.0 Å². The molecule has 22 heavy (non-hydrogen) atoms. The maximum Gasteiger partial charge on any atom is 0.191 e. The molecule has 0 unspecified atom stereocenters. The normalized spacial score (nSPS) is 11.8. The molecule has 1 aromatic carbocycles. The van der Waals surface area contributed by atoms with Crippen molar-refractivity contribution in [3.63, 3.8) is 0 Å². The molecule has 1 rings (SSSR count). The number of unbranched alkanes of at least 4 members (excludes halogenated alkanes) is 1. The van der Waals surface area contributed by atoms with Crippen LogP contribution in [0.4, 0.5) is 0 Å². The average molecular weight is 419 g/mol. The Kier molecular flexibility index (Phi) is 10.4. The van der Waals surface area contributed by atoms with Crippen LogP contribution in [0, 0.1) is 6.92 Å². The van der Waals surface area contributed by atoms with Crippen molar-refractivity contribution in [3.8, 4) is 0 Å². The third-order valence-electron chi connectivity index (χ3n) is 3.05. The number of nitrogens with one attached hydrogen (secondary N) is 2. The van der Waals surface area contributed by atoms with E-state index in [1.165, 1.54) is 11.1 Å². The summed E-state index contributed by atoms with van der Waals surface area (Å²) < 4.78 is 0. The van der Waals surface area contributed by atoms with E-state index in [1.54, 1.807) is 13.8 Å². The number of aliphatic hydroxyl groups is 1. The first-order valence-corrected chi connectivity index (χ1v) is 7.71. The van der Waals surface area contributed by atoms with E-state index in [-0.39, 0.29) is 24.0 Å². The molecule has 0 saturated carbocycles. The quantitative estimate of drug-likeness (QED) is 0.275.